The molecule has 0 heterocycles. The smallest absolute Gasteiger partial charge is 0.123 e. The Balaban J connectivity index is 1.50. The quantitative estimate of drug-likeness (QED) is 0.414. The Labute approximate surface area is 224 Å². The van der Waals surface area contributed by atoms with Crippen molar-refractivity contribution in [1.29, 1.82) is 0 Å². The molecule has 6 rings (SSSR count). The lowest BCUT2D eigenvalue weighted by atomic mass is 9.72. The zero-order valence-corrected chi connectivity index (χ0v) is 23.3. The fourth-order valence-corrected chi connectivity index (χ4v) is 8.54. The Hall–Kier alpha value is -1.96. The van der Waals surface area contributed by atoms with Gasteiger partial charge < -0.3 is 10.2 Å². The van der Waals surface area contributed by atoms with Crippen LogP contribution in [0.4, 0.5) is 0 Å². The highest BCUT2D eigenvalue weighted by Gasteiger charge is 2.36. The summed E-state index contributed by atoms with van der Waals surface area (Å²) in [5.74, 6) is 3.19. The number of hydrogen-bond acceptors (Lipinski definition) is 2. The highest BCUT2D eigenvalue weighted by molar-refractivity contribution is 5.58. The molecule has 0 bridgehead atoms. The van der Waals surface area contributed by atoms with Crippen molar-refractivity contribution >= 4 is 0 Å². The molecule has 200 valence electrons. The minimum Gasteiger partial charge on any atom is -0.507 e. The van der Waals surface area contributed by atoms with E-state index in [-0.39, 0.29) is 0 Å². The number of aromatic hydroxyl groups is 2. The van der Waals surface area contributed by atoms with Crippen LogP contribution in [-0.2, 0) is 5.41 Å². The van der Waals surface area contributed by atoms with E-state index >= 15 is 0 Å². The Kier molecular flexibility index (Phi) is 7.06. The van der Waals surface area contributed by atoms with Crippen molar-refractivity contribution in [2.24, 2.45) is 0 Å². The summed E-state index contributed by atoms with van der Waals surface area (Å²) < 4.78 is 0. The molecule has 2 heteroatoms. The van der Waals surface area contributed by atoms with Crippen molar-refractivity contribution in [3.8, 4) is 11.5 Å². The second-order valence-electron chi connectivity index (χ2n) is 13.6. The number of hydrogen-bond donors (Lipinski definition) is 2. The third kappa shape index (κ3) is 4.72. The third-order valence-corrected chi connectivity index (χ3v) is 10.9. The van der Waals surface area contributed by atoms with Gasteiger partial charge in [-0.2, -0.15) is 0 Å². The van der Waals surface area contributed by atoms with Crippen molar-refractivity contribution in [3.63, 3.8) is 0 Å². The Morgan fingerprint density at radius 1 is 0.486 bits per heavy atom. The summed E-state index contributed by atoms with van der Waals surface area (Å²) in [6, 6.07) is 9.42. The first-order valence-electron chi connectivity index (χ1n) is 15.7. The van der Waals surface area contributed by atoms with E-state index in [1.807, 2.05) is 0 Å². The van der Waals surface area contributed by atoms with E-state index < -0.39 is 5.41 Å². The van der Waals surface area contributed by atoms with Crippen LogP contribution in [0.1, 0.15) is 174 Å². The van der Waals surface area contributed by atoms with Gasteiger partial charge in [-0.25, -0.2) is 0 Å². The van der Waals surface area contributed by atoms with E-state index in [9.17, 15) is 10.2 Å². The molecule has 0 unspecified atom stereocenters. The summed E-state index contributed by atoms with van der Waals surface area (Å²) in [4.78, 5) is 0. The molecule has 4 fully saturated rings. The number of benzene rings is 2. The lowest BCUT2D eigenvalue weighted by Crippen LogP contribution is -2.22. The molecule has 0 atom stereocenters. The van der Waals surface area contributed by atoms with E-state index in [0.29, 0.717) is 35.2 Å². The maximum atomic E-state index is 11.9. The number of rotatable bonds is 6. The van der Waals surface area contributed by atoms with Crippen LogP contribution in [0.15, 0.2) is 24.3 Å². The predicted octanol–water partition coefficient (Wildman–Crippen LogP) is 10.1. The third-order valence-electron chi connectivity index (χ3n) is 10.9. The molecule has 0 radical (unpaired) electrons. The fourth-order valence-electron chi connectivity index (χ4n) is 8.54. The number of phenols is 2. The van der Waals surface area contributed by atoms with Gasteiger partial charge in [-0.05, 0) is 97.3 Å². The largest absolute Gasteiger partial charge is 0.507 e. The van der Waals surface area contributed by atoms with Crippen LogP contribution in [0.25, 0.3) is 0 Å². The molecule has 0 spiro atoms. The summed E-state index contributed by atoms with van der Waals surface area (Å²) in [5, 5.41) is 23.8. The molecule has 37 heavy (non-hydrogen) atoms. The minimum atomic E-state index is -0.460. The van der Waals surface area contributed by atoms with Gasteiger partial charge in [0.1, 0.15) is 11.5 Å². The van der Waals surface area contributed by atoms with Crippen LogP contribution in [0, 0.1) is 0 Å². The summed E-state index contributed by atoms with van der Waals surface area (Å²) >= 11 is 0. The van der Waals surface area contributed by atoms with Gasteiger partial charge in [-0.3, -0.25) is 0 Å². The molecule has 0 aliphatic heterocycles. The standard InChI is InChI=1S/C35H48O2/c1-35(2,31-21-27(23-11-3-4-12-23)19-29(33(31)36)25-15-7-8-16-25)32-22-28(24-13-5-6-14-24)20-30(34(32)37)26-17-9-10-18-26/h19-26,36-37H,3-18H2,1-2H3. The first-order valence-corrected chi connectivity index (χ1v) is 15.7. The van der Waals surface area contributed by atoms with E-state index in [2.05, 4.69) is 38.1 Å². The van der Waals surface area contributed by atoms with Crippen molar-refractivity contribution in [3.05, 3.63) is 57.6 Å². The normalized spacial score (nSPS) is 22.5. The summed E-state index contributed by atoms with van der Waals surface area (Å²) in [5.41, 5.74) is 6.85. The van der Waals surface area contributed by atoms with Gasteiger partial charge in [-0.1, -0.05) is 89.5 Å². The van der Waals surface area contributed by atoms with Crippen molar-refractivity contribution in [2.75, 3.05) is 0 Å². The lowest BCUT2D eigenvalue weighted by Gasteiger charge is -2.33. The van der Waals surface area contributed by atoms with Crippen molar-refractivity contribution < 1.29 is 10.2 Å². The van der Waals surface area contributed by atoms with E-state index in [4.69, 9.17) is 0 Å². The summed E-state index contributed by atoms with van der Waals surface area (Å²) in [6.07, 6.45) is 20.2. The van der Waals surface area contributed by atoms with Gasteiger partial charge >= 0.3 is 0 Å². The van der Waals surface area contributed by atoms with Crippen LogP contribution in [0.5, 0.6) is 11.5 Å². The summed E-state index contributed by atoms with van der Waals surface area (Å²) in [7, 11) is 0. The van der Waals surface area contributed by atoms with Gasteiger partial charge in [0.15, 0.2) is 0 Å². The van der Waals surface area contributed by atoms with Crippen molar-refractivity contribution in [1.82, 2.24) is 0 Å². The average Bonchev–Trinajstić information content (AvgIpc) is 3.72. The Bertz CT molecular complexity index is 1020. The Morgan fingerprint density at radius 2 is 0.784 bits per heavy atom. The predicted molar refractivity (Wildman–Crippen MR) is 153 cm³/mol. The van der Waals surface area contributed by atoms with E-state index in [0.717, 1.165) is 11.1 Å². The van der Waals surface area contributed by atoms with Crippen LogP contribution in [0.2, 0.25) is 0 Å². The molecular weight excluding hydrogens is 452 g/mol. The topological polar surface area (TPSA) is 40.5 Å². The molecule has 2 aromatic carbocycles. The van der Waals surface area contributed by atoms with Gasteiger partial charge in [0, 0.05) is 16.5 Å². The molecule has 2 N–H and O–H groups in total. The van der Waals surface area contributed by atoms with Gasteiger partial charge in [0.2, 0.25) is 0 Å². The maximum Gasteiger partial charge on any atom is 0.123 e. The molecule has 4 aliphatic carbocycles. The molecule has 0 aromatic heterocycles. The fraction of sp³-hybridized carbons (Fsp3) is 0.657. The van der Waals surface area contributed by atoms with E-state index in [1.54, 1.807) is 0 Å². The van der Waals surface area contributed by atoms with Gasteiger partial charge in [-0.15, -0.1) is 0 Å². The maximum absolute atomic E-state index is 11.9. The SMILES string of the molecule is CC(C)(c1cc(C2CCCC2)cc(C2CCCC2)c1O)c1cc(C2CCCC2)cc(C2CCCC2)c1O. The molecule has 2 aromatic rings. The van der Waals surface area contributed by atoms with Crippen LogP contribution in [0.3, 0.4) is 0 Å². The van der Waals surface area contributed by atoms with Gasteiger partial charge in [0.25, 0.3) is 0 Å². The zero-order chi connectivity index (χ0) is 25.6. The van der Waals surface area contributed by atoms with Crippen LogP contribution < -0.4 is 0 Å². The molecule has 4 aliphatic rings. The molecule has 0 amide bonds. The van der Waals surface area contributed by atoms with Crippen molar-refractivity contribution in [2.45, 2.75) is 146 Å². The highest BCUT2D eigenvalue weighted by Crippen LogP contribution is 2.52. The number of phenolic OH excluding ortho intramolecular Hbond substituents is 2. The first kappa shape index (κ1) is 25.3. The summed E-state index contributed by atoms with van der Waals surface area (Å²) in [6.45, 7) is 4.51. The molecule has 0 saturated heterocycles. The van der Waals surface area contributed by atoms with Crippen LogP contribution in [-0.4, -0.2) is 10.2 Å². The van der Waals surface area contributed by atoms with Gasteiger partial charge in [0.05, 0.1) is 0 Å². The second kappa shape index (κ2) is 10.3. The monoisotopic (exact) mass is 500 g/mol. The Morgan fingerprint density at radius 3 is 1.11 bits per heavy atom. The van der Waals surface area contributed by atoms with Crippen LogP contribution >= 0.6 is 0 Å². The second-order valence-corrected chi connectivity index (χ2v) is 13.6. The minimum absolute atomic E-state index is 0.460. The molecular formula is C35H48O2. The highest BCUT2D eigenvalue weighted by atomic mass is 16.3. The average molecular weight is 501 g/mol. The lowest BCUT2D eigenvalue weighted by molar-refractivity contribution is 0.421. The zero-order valence-electron chi connectivity index (χ0n) is 23.3. The first-order chi connectivity index (χ1) is 17.9. The molecule has 4 saturated carbocycles. The molecule has 2 nitrogen and oxygen atoms in total. The van der Waals surface area contributed by atoms with E-state index in [1.165, 1.54) is 125 Å².